The van der Waals surface area contributed by atoms with Crippen molar-refractivity contribution in [1.29, 1.82) is 5.26 Å². The number of aromatic nitrogens is 2. The van der Waals surface area contributed by atoms with Crippen LogP contribution in [0.5, 0.6) is 5.75 Å². The molecule has 5 rings (SSSR count). The lowest BCUT2D eigenvalue weighted by Crippen LogP contribution is -2.58. The second-order valence-electron chi connectivity index (χ2n) is 8.51. The maximum absolute atomic E-state index is 9.54. The van der Waals surface area contributed by atoms with Gasteiger partial charge in [-0.05, 0) is 44.7 Å². The van der Waals surface area contributed by atoms with Crippen LogP contribution in [0.3, 0.4) is 0 Å². The number of methoxy groups -OCH3 is 1. The molecular formula is C25H31N5O3. The molecule has 2 atom stereocenters. The Balaban J connectivity index is 1.55. The summed E-state index contributed by atoms with van der Waals surface area (Å²) < 4.78 is 18.5. The fraction of sp³-hybridized carbons (Fsp3) is 0.480. The number of hydrogen-bond acceptors (Lipinski definition) is 7. The van der Waals surface area contributed by atoms with E-state index in [9.17, 15) is 5.26 Å². The van der Waals surface area contributed by atoms with Crippen LogP contribution >= 0.6 is 0 Å². The number of piperidine rings is 2. The van der Waals surface area contributed by atoms with Gasteiger partial charge in [0.2, 0.25) is 0 Å². The van der Waals surface area contributed by atoms with Crippen LogP contribution in [-0.2, 0) is 9.47 Å². The van der Waals surface area contributed by atoms with Gasteiger partial charge in [0.25, 0.3) is 0 Å². The first kappa shape index (κ1) is 23.0. The first-order chi connectivity index (χ1) is 16.1. The standard InChI is InChI=1S/C25H31N5O3/c1-5-32-21-11-22(24-20(12-26)13-28-30(24)16-21)17(2)6-7-23(27-3)29-14-18-10-19(15-29)25(18)33-9-8-31-4/h6-7,11,13,16,18-19,25H,3,5,8-10,14-15H2,1-2,4H3/b17-6+,23-7+. The molecule has 0 aromatic carbocycles. The van der Waals surface area contributed by atoms with E-state index in [-0.39, 0.29) is 0 Å². The largest absolute Gasteiger partial charge is 0.492 e. The van der Waals surface area contributed by atoms with Crippen LogP contribution in [0.15, 0.2) is 41.4 Å². The number of fused-ring (bicyclic) bond motifs is 3. The smallest absolute Gasteiger partial charge is 0.138 e. The van der Waals surface area contributed by atoms with Gasteiger partial charge in [0.1, 0.15) is 17.6 Å². The Kier molecular flexibility index (Phi) is 7.11. The molecule has 1 saturated carbocycles. The molecule has 2 unspecified atom stereocenters. The highest BCUT2D eigenvalue weighted by molar-refractivity contribution is 5.82. The minimum Gasteiger partial charge on any atom is -0.492 e. The van der Waals surface area contributed by atoms with Gasteiger partial charge in [-0.3, -0.25) is 0 Å². The van der Waals surface area contributed by atoms with Gasteiger partial charge in [0.15, 0.2) is 0 Å². The molecule has 3 fully saturated rings. The van der Waals surface area contributed by atoms with Gasteiger partial charge in [-0.15, -0.1) is 0 Å². The number of pyridine rings is 1. The number of nitriles is 1. The molecule has 0 radical (unpaired) electrons. The summed E-state index contributed by atoms with van der Waals surface area (Å²) in [5, 5.41) is 13.9. The first-order valence-corrected chi connectivity index (χ1v) is 11.3. The first-order valence-electron chi connectivity index (χ1n) is 11.3. The minimum atomic E-state index is 0.320. The lowest BCUT2D eigenvalue weighted by Gasteiger charge is -2.53. The molecule has 3 aliphatic rings. The third-order valence-electron chi connectivity index (χ3n) is 6.45. The van der Waals surface area contributed by atoms with Crippen molar-refractivity contribution < 1.29 is 14.2 Å². The summed E-state index contributed by atoms with van der Waals surface area (Å²) >= 11 is 0. The number of aliphatic imine (C=N–C) groups is 1. The van der Waals surface area contributed by atoms with Gasteiger partial charge in [-0.1, -0.05) is 6.08 Å². The summed E-state index contributed by atoms with van der Waals surface area (Å²) in [6.07, 6.45) is 8.93. The van der Waals surface area contributed by atoms with Crippen molar-refractivity contribution in [3.63, 3.8) is 0 Å². The molecule has 2 saturated heterocycles. The second kappa shape index (κ2) is 10.2. The average Bonchev–Trinajstić information content (AvgIpc) is 3.25. The second-order valence-corrected chi connectivity index (χ2v) is 8.51. The summed E-state index contributed by atoms with van der Waals surface area (Å²) in [6, 6.07) is 4.19. The zero-order chi connectivity index (χ0) is 23.4. The Labute approximate surface area is 194 Å². The highest BCUT2D eigenvalue weighted by Crippen LogP contribution is 2.43. The maximum atomic E-state index is 9.54. The molecule has 0 spiro atoms. The van der Waals surface area contributed by atoms with E-state index in [0.29, 0.717) is 49.1 Å². The van der Waals surface area contributed by atoms with Crippen LogP contribution in [0.2, 0.25) is 0 Å². The van der Waals surface area contributed by atoms with Crippen LogP contribution in [0.4, 0.5) is 0 Å². The van der Waals surface area contributed by atoms with Crippen molar-refractivity contribution in [2.45, 2.75) is 26.4 Å². The van der Waals surface area contributed by atoms with Gasteiger partial charge in [-0.25, -0.2) is 9.51 Å². The third-order valence-corrected chi connectivity index (χ3v) is 6.45. The summed E-state index contributed by atoms with van der Waals surface area (Å²) in [5.74, 6) is 2.60. The molecule has 1 aliphatic carbocycles. The van der Waals surface area contributed by atoms with Crippen molar-refractivity contribution in [2.24, 2.45) is 16.8 Å². The van der Waals surface area contributed by atoms with Crippen LogP contribution in [0.1, 0.15) is 31.4 Å². The van der Waals surface area contributed by atoms with Gasteiger partial charge in [0.05, 0.1) is 49.4 Å². The van der Waals surface area contributed by atoms with E-state index in [1.807, 2.05) is 32.1 Å². The van der Waals surface area contributed by atoms with Gasteiger partial charge < -0.3 is 19.1 Å². The summed E-state index contributed by atoms with van der Waals surface area (Å²) in [6.45, 7) is 11.4. The predicted octanol–water partition coefficient (Wildman–Crippen LogP) is 3.53. The van der Waals surface area contributed by atoms with Crippen LogP contribution in [0.25, 0.3) is 11.1 Å². The molecule has 33 heavy (non-hydrogen) atoms. The molecule has 8 nitrogen and oxygen atoms in total. The maximum Gasteiger partial charge on any atom is 0.138 e. The van der Waals surface area contributed by atoms with Crippen LogP contribution in [0, 0.1) is 23.2 Å². The van der Waals surface area contributed by atoms with Crippen molar-refractivity contribution in [1.82, 2.24) is 14.5 Å². The average molecular weight is 450 g/mol. The quantitative estimate of drug-likeness (QED) is 0.313. The van der Waals surface area contributed by atoms with Gasteiger partial charge in [-0.2, -0.15) is 10.4 Å². The zero-order valence-corrected chi connectivity index (χ0v) is 19.5. The van der Waals surface area contributed by atoms with Crippen molar-refractivity contribution in [3.8, 4) is 11.8 Å². The molecular weight excluding hydrogens is 418 g/mol. The number of rotatable bonds is 10. The zero-order valence-electron chi connectivity index (χ0n) is 19.5. The normalized spacial score (nSPS) is 22.7. The summed E-state index contributed by atoms with van der Waals surface area (Å²) in [4.78, 5) is 6.59. The molecule has 2 aromatic rings. The SMILES string of the molecule is C=N/C(=C\C=C(/C)c1cc(OCC)cn2ncc(C#N)c12)N1CC2CC(C1)C2OCCOC. The summed E-state index contributed by atoms with van der Waals surface area (Å²) in [5.41, 5.74) is 3.19. The van der Waals surface area contributed by atoms with Crippen LogP contribution in [-0.4, -0.2) is 67.4 Å². The van der Waals surface area contributed by atoms with Crippen molar-refractivity contribution in [2.75, 3.05) is 40.0 Å². The Morgan fingerprint density at radius 2 is 2.12 bits per heavy atom. The topological polar surface area (TPSA) is 84.4 Å². The fourth-order valence-electron chi connectivity index (χ4n) is 4.84. The lowest BCUT2D eigenvalue weighted by atomic mass is 9.68. The Hall–Kier alpha value is -3.15. The molecule has 2 aliphatic heterocycles. The van der Waals surface area contributed by atoms with E-state index in [1.54, 1.807) is 24.0 Å². The Morgan fingerprint density at radius 3 is 2.79 bits per heavy atom. The van der Waals surface area contributed by atoms with Crippen LogP contribution < -0.4 is 4.74 Å². The Bertz CT molecular complexity index is 1100. The number of nitrogens with zero attached hydrogens (tertiary/aromatic N) is 5. The van der Waals surface area contributed by atoms with Crippen molar-refractivity contribution >= 4 is 17.8 Å². The molecule has 0 amide bonds. The van der Waals surface area contributed by atoms with E-state index in [0.717, 1.165) is 35.6 Å². The molecule has 0 N–H and O–H groups in total. The molecule has 174 valence electrons. The highest BCUT2D eigenvalue weighted by Gasteiger charge is 2.47. The fourth-order valence-corrected chi connectivity index (χ4v) is 4.84. The lowest BCUT2D eigenvalue weighted by molar-refractivity contribution is -0.143. The van der Waals surface area contributed by atoms with E-state index in [2.05, 4.69) is 27.8 Å². The molecule has 4 heterocycles. The minimum absolute atomic E-state index is 0.320. The Morgan fingerprint density at radius 1 is 1.33 bits per heavy atom. The summed E-state index contributed by atoms with van der Waals surface area (Å²) in [7, 11) is 1.70. The van der Waals surface area contributed by atoms with Gasteiger partial charge in [0, 0.05) is 37.6 Å². The van der Waals surface area contributed by atoms with Gasteiger partial charge >= 0.3 is 0 Å². The number of allylic oxidation sites excluding steroid dienone is 3. The van der Waals surface area contributed by atoms with E-state index >= 15 is 0 Å². The van der Waals surface area contributed by atoms with E-state index < -0.39 is 0 Å². The highest BCUT2D eigenvalue weighted by atomic mass is 16.5. The van der Waals surface area contributed by atoms with E-state index in [4.69, 9.17) is 14.2 Å². The van der Waals surface area contributed by atoms with E-state index in [1.165, 1.54) is 6.42 Å². The van der Waals surface area contributed by atoms with Crippen molar-refractivity contribution in [3.05, 3.63) is 47.6 Å². The number of ether oxygens (including phenoxy) is 3. The molecule has 8 heteroatoms. The molecule has 2 aromatic heterocycles. The predicted molar refractivity (Wildman–Crippen MR) is 127 cm³/mol. The third kappa shape index (κ3) is 4.65. The molecule has 2 bridgehead atoms. The monoisotopic (exact) mass is 449 g/mol. The number of hydrogen-bond donors (Lipinski definition) is 0.